The number of pyridine rings is 2. The van der Waals surface area contributed by atoms with Crippen LogP contribution in [0, 0.1) is 5.92 Å². The third kappa shape index (κ3) is 5.54. The second-order valence-corrected chi connectivity index (χ2v) is 11.3. The third-order valence-electron chi connectivity index (χ3n) is 7.66. The molecule has 0 saturated carbocycles. The summed E-state index contributed by atoms with van der Waals surface area (Å²) in [6.07, 6.45) is 5.04. The number of hydrogen-bond donors (Lipinski definition) is 2. The molecule has 0 unspecified atom stereocenters. The van der Waals surface area contributed by atoms with Crippen LogP contribution in [0.4, 0.5) is 11.5 Å². The molecule has 212 valence electrons. The van der Waals surface area contributed by atoms with Gasteiger partial charge in [0.25, 0.3) is 5.91 Å². The molecule has 9 nitrogen and oxygen atoms in total. The number of ether oxygens (including phenoxy) is 1. The molecule has 2 N–H and O–H groups in total. The number of methoxy groups -OCH3 is 1. The van der Waals surface area contributed by atoms with Crippen LogP contribution >= 0.6 is 11.3 Å². The normalized spacial score (nSPS) is 16.7. The van der Waals surface area contributed by atoms with Crippen LogP contribution in [0.5, 0.6) is 5.75 Å². The molecule has 42 heavy (non-hydrogen) atoms. The van der Waals surface area contributed by atoms with E-state index in [0.29, 0.717) is 36.0 Å². The second-order valence-electron chi connectivity index (χ2n) is 10.5. The first-order valence-electron chi connectivity index (χ1n) is 13.8. The lowest BCUT2D eigenvalue weighted by molar-refractivity contribution is -0.114. The van der Waals surface area contributed by atoms with Crippen LogP contribution in [0.3, 0.4) is 0 Å². The number of hydrogen-bond acceptors (Lipinski definition) is 9. The van der Waals surface area contributed by atoms with E-state index in [4.69, 9.17) is 4.74 Å². The van der Waals surface area contributed by atoms with Crippen molar-refractivity contribution in [2.75, 3.05) is 24.3 Å². The van der Waals surface area contributed by atoms with E-state index < -0.39 is 5.91 Å². The fraction of sp³-hybridized carbons (Fsp3) is 0.250. The minimum atomic E-state index is -0.536. The molecule has 0 bridgehead atoms. The zero-order chi connectivity index (χ0) is 29.1. The predicted molar refractivity (Wildman–Crippen MR) is 165 cm³/mol. The van der Waals surface area contributed by atoms with Crippen molar-refractivity contribution >= 4 is 55.8 Å². The van der Waals surface area contributed by atoms with Crippen LogP contribution in [0.15, 0.2) is 78.2 Å². The lowest BCUT2D eigenvalue weighted by Gasteiger charge is -2.40. The zero-order valence-electron chi connectivity index (χ0n) is 23.3. The van der Waals surface area contributed by atoms with Crippen molar-refractivity contribution in [2.45, 2.75) is 32.4 Å². The molecule has 4 heterocycles. The Morgan fingerprint density at radius 2 is 1.98 bits per heavy atom. The number of anilines is 2. The number of nitrogens with zero attached hydrogens (tertiary/aromatic N) is 4. The van der Waals surface area contributed by atoms with Gasteiger partial charge < -0.3 is 20.3 Å². The molecule has 1 amide bonds. The molecule has 0 aliphatic carbocycles. The van der Waals surface area contributed by atoms with Gasteiger partial charge in [0, 0.05) is 24.7 Å². The van der Waals surface area contributed by atoms with Crippen molar-refractivity contribution in [3.8, 4) is 5.75 Å². The number of aromatic nitrogens is 3. The number of benzene rings is 2. The minimum Gasteiger partial charge on any atom is -0.497 e. The largest absolute Gasteiger partial charge is 0.497 e. The fourth-order valence-corrected chi connectivity index (χ4v) is 6.14. The van der Waals surface area contributed by atoms with Gasteiger partial charge in [-0.25, -0.2) is 14.8 Å². The Balaban J connectivity index is 1.24. The average Bonchev–Trinajstić information content (AvgIpc) is 3.50. The number of thiazole rings is 1. The van der Waals surface area contributed by atoms with E-state index in [1.165, 1.54) is 0 Å². The summed E-state index contributed by atoms with van der Waals surface area (Å²) in [7, 11) is 1.64. The summed E-state index contributed by atoms with van der Waals surface area (Å²) in [5, 5.41) is 7.02. The summed E-state index contributed by atoms with van der Waals surface area (Å²) in [6.45, 7) is 3.25. The summed E-state index contributed by atoms with van der Waals surface area (Å²) in [5.74, 6) is 3.17. The van der Waals surface area contributed by atoms with Gasteiger partial charge in [0.1, 0.15) is 11.6 Å². The lowest BCUT2D eigenvalue weighted by atomic mass is 9.89. The molecule has 0 radical (unpaired) electrons. The minimum absolute atomic E-state index is 0.0317. The summed E-state index contributed by atoms with van der Waals surface area (Å²) >= 11 is 1.59. The molecular weight excluding hydrogens is 548 g/mol. The van der Waals surface area contributed by atoms with Crippen LogP contribution in [0.25, 0.3) is 21.1 Å². The van der Waals surface area contributed by atoms with E-state index in [-0.39, 0.29) is 11.7 Å². The molecule has 1 aliphatic rings. The second kappa shape index (κ2) is 12.0. The first kappa shape index (κ1) is 27.4. The summed E-state index contributed by atoms with van der Waals surface area (Å²) in [6, 6.07) is 17.5. The van der Waals surface area contributed by atoms with Gasteiger partial charge in [-0.1, -0.05) is 25.1 Å². The van der Waals surface area contributed by atoms with Crippen molar-refractivity contribution in [2.24, 2.45) is 5.92 Å². The highest BCUT2D eigenvalue weighted by molar-refractivity contribution is 7.16. The average molecular weight is 579 g/mol. The number of amides is 1. The molecule has 10 heteroatoms. The summed E-state index contributed by atoms with van der Waals surface area (Å²) in [5.41, 5.74) is 5.79. The van der Waals surface area contributed by atoms with Gasteiger partial charge in [-0.2, -0.15) is 0 Å². The van der Waals surface area contributed by atoms with Crippen LogP contribution < -0.4 is 15.4 Å². The summed E-state index contributed by atoms with van der Waals surface area (Å²) < 4.78 is 6.34. The van der Waals surface area contributed by atoms with Gasteiger partial charge in [0.2, 0.25) is 0 Å². The van der Waals surface area contributed by atoms with Crippen molar-refractivity contribution in [1.29, 1.82) is 0 Å². The molecule has 5 aromatic rings. The molecular formula is C32H30N6O3S. The first-order chi connectivity index (χ1) is 20.5. The van der Waals surface area contributed by atoms with E-state index in [2.05, 4.69) is 50.7 Å². The van der Waals surface area contributed by atoms with Gasteiger partial charge in [0.05, 0.1) is 46.3 Å². The Bertz CT molecular complexity index is 1800. The fourth-order valence-electron chi connectivity index (χ4n) is 5.48. The van der Waals surface area contributed by atoms with E-state index in [1.807, 2.05) is 52.8 Å². The van der Waals surface area contributed by atoms with Crippen molar-refractivity contribution in [1.82, 2.24) is 19.9 Å². The zero-order valence-corrected chi connectivity index (χ0v) is 24.1. The van der Waals surface area contributed by atoms with Gasteiger partial charge in [-0.15, -0.1) is 11.3 Å². The third-order valence-corrected chi connectivity index (χ3v) is 8.47. The molecule has 1 aliphatic heterocycles. The Morgan fingerprint density at radius 3 is 2.79 bits per heavy atom. The maximum absolute atomic E-state index is 13.6. The first-order valence-corrected chi connectivity index (χ1v) is 14.7. The highest BCUT2D eigenvalue weighted by Crippen LogP contribution is 2.37. The topological polar surface area (TPSA) is 109 Å². The van der Waals surface area contributed by atoms with E-state index in [9.17, 15) is 9.59 Å². The molecule has 6 rings (SSSR count). The number of nitrogens with one attached hydrogen (secondary N) is 2. The molecule has 3 aromatic heterocycles. The van der Waals surface area contributed by atoms with E-state index in [0.717, 1.165) is 45.3 Å². The van der Waals surface area contributed by atoms with Crippen LogP contribution in [-0.4, -0.2) is 45.4 Å². The number of rotatable bonds is 8. The maximum Gasteiger partial charge on any atom is 0.283 e. The predicted octanol–water partition coefficient (Wildman–Crippen LogP) is 5.99. The van der Waals surface area contributed by atoms with Crippen LogP contribution in [0.2, 0.25) is 0 Å². The van der Waals surface area contributed by atoms with Gasteiger partial charge in [0.15, 0.2) is 11.6 Å². The Morgan fingerprint density at radius 1 is 1.12 bits per heavy atom. The molecule has 1 saturated heterocycles. The Labute approximate surface area is 247 Å². The van der Waals surface area contributed by atoms with Gasteiger partial charge in [-0.05, 0) is 66.3 Å². The van der Waals surface area contributed by atoms with Crippen LogP contribution in [0.1, 0.15) is 36.9 Å². The highest BCUT2D eigenvalue weighted by atomic mass is 32.1. The van der Waals surface area contributed by atoms with E-state index in [1.54, 1.807) is 30.8 Å². The van der Waals surface area contributed by atoms with Gasteiger partial charge >= 0.3 is 0 Å². The molecule has 2 atom stereocenters. The SMILES string of the molecule is COc1ccc(CNc2ncc(NC(=O)C(=C=O)N3C[C@@H](C)CC[C@@H]3c3ccc4scnc4c3)c3ncccc23)cc1. The Hall–Kier alpha value is -4.79. The maximum atomic E-state index is 13.6. The Kier molecular flexibility index (Phi) is 7.81. The van der Waals surface area contributed by atoms with Crippen LogP contribution in [-0.2, 0) is 16.1 Å². The molecule has 0 spiro atoms. The number of piperidine rings is 1. The number of fused-ring (bicyclic) bond motifs is 2. The molecule has 1 fully saturated rings. The smallest absolute Gasteiger partial charge is 0.283 e. The molecule has 2 aromatic carbocycles. The number of carbonyl (C=O) groups excluding carboxylic acids is 2. The standard InChI is InChI=1S/C32H30N6O3S/c1-20-5-11-27(22-8-12-29-25(14-22)36-19-42-29)38(17-20)28(18-39)32(40)37-26-16-35-31(24-4-3-13-33-30(24)26)34-15-21-6-9-23(41-2)10-7-21/h3-4,6-10,12-14,16,19-20,27H,5,11,15,17H2,1-2H3,(H,34,35)(H,37,40)/t20-,27+/m0/s1. The van der Waals surface area contributed by atoms with Crippen molar-refractivity contribution < 1.29 is 14.3 Å². The number of likely N-dealkylation sites (tertiary alicyclic amines) is 1. The number of carbonyl (C=O) groups is 1. The quantitative estimate of drug-likeness (QED) is 0.171. The van der Waals surface area contributed by atoms with Crippen molar-refractivity contribution in [3.63, 3.8) is 0 Å². The monoisotopic (exact) mass is 578 g/mol. The highest BCUT2D eigenvalue weighted by Gasteiger charge is 2.33. The van der Waals surface area contributed by atoms with Crippen molar-refractivity contribution in [3.05, 3.63) is 89.3 Å². The van der Waals surface area contributed by atoms with Gasteiger partial charge in [-0.3, -0.25) is 9.78 Å². The summed E-state index contributed by atoms with van der Waals surface area (Å²) in [4.78, 5) is 41.4. The lowest BCUT2D eigenvalue weighted by Crippen LogP contribution is -2.40. The van der Waals surface area contributed by atoms with E-state index >= 15 is 0 Å².